The van der Waals surface area contributed by atoms with E-state index in [1.165, 1.54) is 27.9 Å². The Morgan fingerprint density at radius 2 is 1.02 bits per heavy atom. The second-order valence-corrected chi connectivity index (χ2v) is 9.78. The number of hydrogen-bond acceptors (Lipinski definition) is 9. The first-order valence-corrected chi connectivity index (χ1v) is 13.2. The predicted molar refractivity (Wildman–Crippen MR) is 148 cm³/mol. The van der Waals surface area contributed by atoms with Gasteiger partial charge in [-0.15, -0.1) is 0 Å². The zero-order valence-corrected chi connectivity index (χ0v) is 23.3. The third-order valence-electron chi connectivity index (χ3n) is 7.11. The summed E-state index contributed by atoms with van der Waals surface area (Å²) in [5, 5.41) is 12.6. The Morgan fingerprint density at radius 3 is 1.39 bits per heavy atom. The predicted octanol–water partition coefficient (Wildman–Crippen LogP) is 3.55. The molecule has 1 heterocycles. The number of hydrogen-bond donors (Lipinski definition) is 1. The number of ether oxygens (including phenoxy) is 5. The van der Waals surface area contributed by atoms with Crippen LogP contribution in [0.3, 0.4) is 0 Å². The molecule has 4 rings (SSSR count). The van der Waals surface area contributed by atoms with Crippen molar-refractivity contribution in [3.05, 3.63) is 108 Å². The average Bonchev–Trinajstić information content (AvgIpc) is 2.96. The highest BCUT2D eigenvalue weighted by molar-refractivity contribution is 5.68. The lowest BCUT2D eigenvalue weighted by molar-refractivity contribution is -0.312. The van der Waals surface area contributed by atoms with Gasteiger partial charge in [-0.05, 0) is 16.7 Å². The summed E-state index contributed by atoms with van der Waals surface area (Å²) in [6.07, 6.45) is -8.05. The van der Waals surface area contributed by atoms with Crippen LogP contribution in [0.2, 0.25) is 0 Å². The minimum atomic E-state index is -1.45. The molecule has 0 aromatic heterocycles. The summed E-state index contributed by atoms with van der Waals surface area (Å²) in [5.41, 5.74) is 0.931. The fourth-order valence-corrected chi connectivity index (χ4v) is 5.61. The topological polar surface area (TPSA) is 118 Å². The van der Waals surface area contributed by atoms with Gasteiger partial charge in [0.05, 0.1) is 5.41 Å². The van der Waals surface area contributed by atoms with Crippen molar-refractivity contribution >= 4 is 17.9 Å². The van der Waals surface area contributed by atoms with E-state index in [0.29, 0.717) is 0 Å². The molecule has 9 heteroatoms. The highest BCUT2D eigenvalue weighted by Gasteiger charge is 2.58. The molecule has 216 valence electrons. The first-order chi connectivity index (χ1) is 19.7. The van der Waals surface area contributed by atoms with Gasteiger partial charge in [0.2, 0.25) is 0 Å². The highest BCUT2D eigenvalue weighted by atomic mass is 16.7. The number of aliphatic hydroxyl groups is 1. The lowest BCUT2D eigenvalue weighted by Crippen LogP contribution is -2.67. The molecule has 1 aliphatic heterocycles. The summed E-state index contributed by atoms with van der Waals surface area (Å²) >= 11 is 0. The Kier molecular flexibility index (Phi) is 9.54. The van der Waals surface area contributed by atoms with Crippen LogP contribution in [0, 0.1) is 0 Å². The maximum atomic E-state index is 12.6. The summed E-state index contributed by atoms with van der Waals surface area (Å²) in [7, 11) is 1.33. The van der Waals surface area contributed by atoms with Gasteiger partial charge in [-0.2, -0.15) is 0 Å². The van der Waals surface area contributed by atoms with Crippen LogP contribution in [0.4, 0.5) is 0 Å². The largest absolute Gasteiger partial charge is 0.456 e. The van der Waals surface area contributed by atoms with Crippen molar-refractivity contribution < 1.29 is 43.2 Å². The number of methoxy groups -OCH3 is 1. The second kappa shape index (κ2) is 13.1. The fraction of sp³-hybridized carbons (Fsp3) is 0.344. The Labute approximate surface area is 238 Å². The summed E-state index contributed by atoms with van der Waals surface area (Å²) in [5.74, 6) is -2.12. The summed E-state index contributed by atoms with van der Waals surface area (Å²) in [6.45, 7) is 3.56. The van der Waals surface area contributed by atoms with Gasteiger partial charge in [0.15, 0.2) is 24.6 Å². The minimum absolute atomic E-state index is 0.689. The van der Waals surface area contributed by atoms with Crippen molar-refractivity contribution in [1.82, 2.24) is 0 Å². The number of benzene rings is 3. The molecule has 0 saturated carbocycles. The number of carbonyl (C=O) groups excluding carboxylic acids is 3. The van der Waals surface area contributed by atoms with Crippen molar-refractivity contribution in [1.29, 1.82) is 0 Å². The third kappa shape index (κ3) is 6.17. The van der Waals surface area contributed by atoms with Gasteiger partial charge in [-0.3, -0.25) is 14.4 Å². The van der Waals surface area contributed by atoms with E-state index in [1.54, 1.807) is 0 Å². The van der Waals surface area contributed by atoms with Gasteiger partial charge in [0, 0.05) is 27.9 Å². The molecule has 1 N–H and O–H groups in total. The molecule has 41 heavy (non-hydrogen) atoms. The van der Waals surface area contributed by atoms with Crippen LogP contribution >= 0.6 is 0 Å². The Hall–Kier alpha value is -4.05. The maximum absolute atomic E-state index is 12.6. The molecule has 1 aliphatic rings. The summed E-state index contributed by atoms with van der Waals surface area (Å²) in [4.78, 5) is 36.7. The van der Waals surface area contributed by atoms with Crippen LogP contribution in [0.1, 0.15) is 37.5 Å². The van der Waals surface area contributed by atoms with E-state index >= 15 is 0 Å². The van der Waals surface area contributed by atoms with E-state index in [2.05, 4.69) is 0 Å². The van der Waals surface area contributed by atoms with E-state index in [-0.39, 0.29) is 0 Å². The first-order valence-electron chi connectivity index (χ1n) is 13.2. The van der Waals surface area contributed by atoms with Gasteiger partial charge >= 0.3 is 17.9 Å². The second-order valence-electron chi connectivity index (χ2n) is 9.78. The van der Waals surface area contributed by atoms with Crippen molar-refractivity contribution in [3.63, 3.8) is 0 Å². The van der Waals surface area contributed by atoms with Crippen LogP contribution in [0.5, 0.6) is 0 Å². The van der Waals surface area contributed by atoms with Crippen LogP contribution in [0.15, 0.2) is 91.0 Å². The molecular formula is C32H34O9. The van der Waals surface area contributed by atoms with Crippen molar-refractivity contribution in [2.24, 2.45) is 0 Å². The Balaban J connectivity index is 1.98. The van der Waals surface area contributed by atoms with Crippen molar-refractivity contribution in [2.45, 2.75) is 63.0 Å². The summed E-state index contributed by atoms with van der Waals surface area (Å²) in [6, 6.07) is 28.2. The molecular weight excluding hydrogens is 528 g/mol. The standard InChI is InChI=1S/C32H34O9/c1-20(33)38-26-27(39-21(2)34)29(40-22(3)35)31(37-4)41-28(26)30(36)32(23-14-8-5-9-15-23,24-16-10-6-11-17-24)25-18-12-7-13-19-25/h5-19,26-31,36H,1-4H3/t26-,27-,28-,29-,30?,31-/m0/s1. The number of rotatable bonds is 9. The van der Waals surface area contributed by atoms with Gasteiger partial charge in [-0.25, -0.2) is 0 Å². The van der Waals surface area contributed by atoms with E-state index < -0.39 is 60.1 Å². The van der Waals surface area contributed by atoms with Crippen molar-refractivity contribution in [3.8, 4) is 0 Å². The normalized spacial score (nSPS) is 23.2. The van der Waals surface area contributed by atoms with Crippen LogP contribution < -0.4 is 0 Å². The van der Waals surface area contributed by atoms with E-state index in [4.69, 9.17) is 23.7 Å². The molecule has 6 atom stereocenters. The molecule has 1 unspecified atom stereocenters. The monoisotopic (exact) mass is 562 g/mol. The molecule has 9 nitrogen and oxygen atoms in total. The maximum Gasteiger partial charge on any atom is 0.303 e. The number of aliphatic hydroxyl groups excluding tert-OH is 1. The zero-order valence-electron chi connectivity index (χ0n) is 23.3. The molecule has 3 aromatic rings. The lowest BCUT2D eigenvalue weighted by atomic mass is 9.63. The third-order valence-corrected chi connectivity index (χ3v) is 7.11. The first kappa shape index (κ1) is 29.9. The quantitative estimate of drug-likeness (QED) is 0.237. The van der Waals surface area contributed by atoms with Gasteiger partial charge in [0.25, 0.3) is 0 Å². The van der Waals surface area contributed by atoms with E-state index in [0.717, 1.165) is 16.7 Å². The number of esters is 3. The smallest absolute Gasteiger partial charge is 0.303 e. The zero-order chi connectivity index (χ0) is 29.6. The molecule has 1 fully saturated rings. The van der Waals surface area contributed by atoms with Gasteiger partial charge < -0.3 is 28.8 Å². The highest BCUT2D eigenvalue weighted by Crippen LogP contribution is 2.46. The molecule has 0 bridgehead atoms. The summed E-state index contributed by atoms with van der Waals surface area (Å²) < 4.78 is 28.6. The van der Waals surface area contributed by atoms with Crippen molar-refractivity contribution in [2.75, 3.05) is 7.11 Å². The Bertz CT molecular complexity index is 1220. The average molecular weight is 563 g/mol. The molecule has 0 aliphatic carbocycles. The molecule has 0 amide bonds. The van der Waals surface area contributed by atoms with Crippen LogP contribution in [-0.2, 0) is 43.5 Å². The molecule has 1 saturated heterocycles. The Morgan fingerprint density at radius 1 is 0.659 bits per heavy atom. The van der Waals surface area contributed by atoms with Gasteiger partial charge in [-0.1, -0.05) is 91.0 Å². The minimum Gasteiger partial charge on any atom is -0.456 e. The van der Waals surface area contributed by atoms with Crippen LogP contribution in [-0.4, -0.2) is 66.9 Å². The molecule has 0 radical (unpaired) electrons. The molecule has 3 aromatic carbocycles. The van der Waals surface area contributed by atoms with E-state index in [1.807, 2.05) is 91.0 Å². The van der Waals surface area contributed by atoms with Crippen LogP contribution in [0.25, 0.3) is 0 Å². The van der Waals surface area contributed by atoms with Gasteiger partial charge in [0.1, 0.15) is 12.2 Å². The SMILES string of the molecule is CO[C@H]1O[C@H](C(O)C(c2ccccc2)(c2ccccc2)c2ccccc2)[C@@H](OC(C)=O)[C@H](OC(C)=O)[C@@H]1OC(C)=O. The molecule has 0 spiro atoms. The lowest BCUT2D eigenvalue weighted by Gasteiger charge is -2.50. The number of carbonyl (C=O) groups is 3. The van der Waals surface area contributed by atoms with E-state index in [9.17, 15) is 19.5 Å². The fourth-order valence-electron chi connectivity index (χ4n) is 5.61.